The molecule has 0 amide bonds. The molecule has 2 rings (SSSR count). The van der Waals surface area contributed by atoms with Gasteiger partial charge in [-0.05, 0) is 36.6 Å². The van der Waals surface area contributed by atoms with Crippen LogP contribution in [-0.2, 0) is 11.3 Å². The van der Waals surface area contributed by atoms with Crippen LogP contribution in [0.4, 0.5) is 5.69 Å². The van der Waals surface area contributed by atoms with Crippen LogP contribution in [0.2, 0.25) is 0 Å². The van der Waals surface area contributed by atoms with Crippen molar-refractivity contribution >= 4 is 21.6 Å². The Morgan fingerprint density at radius 1 is 1.53 bits per heavy atom. The summed E-state index contributed by atoms with van der Waals surface area (Å²) in [4.78, 5) is 2.47. The van der Waals surface area contributed by atoms with Crippen LogP contribution >= 0.6 is 15.9 Å². The number of anilines is 1. The van der Waals surface area contributed by atoms with Crippen LogP contribution in [0.5, 0.6) is 0 Å². The highest BCUT2D eigenvalue weighted by Gasteiger charge is 2.22. The average molecular weight is 299 g/mol. The summed E-state index contributed by atoms with van der Waals surface area (Å²) in [5, 5.41) is 0. The van der Waals surface area contributed by atoms with Crippen molar-refractivity contribution in [2.45, 2.75) is 13.0 Å². The molecule has 1 atom stereocenters. The first-order valence-corrected chi connectivity index (χ1v) is 6.73. The normalized spacial score (nSPS) is 20.9. The van der Waals surface area contributed by atoms with Gasteiger partial charge in [-0.15, -0.1) is 0 Å². The van der Waals surface area contributed by atoms with Gasteiger partial charge in [-0.1, -0.05) is 22.0 Å². The van der Waals surface area contributed by atoms with Gasteiger partial charge in [-0.3, -0.25) is 4.90 Å². The van der Waals surface area contributed by atoms with Gasteiger partial charge in [0.25, 0.3) is 0 Å². The van der Waals surface area contributed by atoms with Crippen LogP contribution < -0.4 is 5.73 Å². The molecular formula is C13H19BrN2O. The number of hydrogen-bond acceptors (Lipinski definition) is 3. The molecule has 0 radical (unpaired) electrons. The summed E-state index contributed by atoms with van der Waals surface area (Å²) in [6.45, 7) is 4.15. The molecular weight excluding hydrogens is 280 g/mol. The molecule has 17 heavy (non-hydrogen) atoms. The van der Waals surface area contributed by atoms with E-state index in [1.165, 1.54) is 12.0 Å². The monoisotopic (exact) mass is 298 g/mol. The van der Waals surface area contributed by atoms with E-state index in [2.05, 4.69) is 26.9 Å². The fraction of sp³-hybridized carbons (Fsp3) is 0.538. The highest BCUT2D eigenvalue weighted by molar-refractivity contribution is 9.10. The fourth-order valence-electron chi connectivity index (χ4n) is 2.36. The Bertz CT molecular complexity index is 384. The van der Waals surface area contributed by atoms with Gasteiger partial charge in [-0.2, -0.15) is 0 Å². The van der Waals surface area contributed by atoms with E-state index in [1.807, 2.05) is 12.1 Å². The minimum Gasteiger partial charge on any atom is -0.399 e. The van der Waals surface area contributed by atoms with Gasteiger partial charge >= 0.3 is 0 Å². The van der Waals surface area contributed by atoms with Crippen molar-refractivity contribution in [3.05, 3.63) is 28.2 Å². The second kappa shape index (κ2) is 5.85. The van der Waals surface area contributed by atoms with Crippen molar-refractivity contribution < 1.29 is 4.74 Å². The minimum atomic E-state index is 0.688. The number of nitrogen functional groups attached to an aromatic ring is 1. The maximum atomic E-state index is 5.74. The number of hydrogen-bond donors (Lipinski definition) is 1. The summed E-state index contributed by atoms with van der Waals surface area (Å²) in [6.07, 6.45) is 1.24. The number of halogens is 1. The maximum absolute atomic E-state index is 5.74. The van der Waals surface area contributed by atoms with Crippen LogP contribution in [0.3, 0.4) is 0 Å². The summed E-state index contributed by atoms with van der Waals surface area (Å²) in [5.41, 5.74) is 7.85. The second-order valence-electron chi connectivity index (χ2n) is 4.70. The molecule has 2 N–H and O–H groups in total. The first-order valence-electron chi connectivity index (χ1n) is 5.94. The van der Waals surface area contributed by atoms with Crippen molar-refractivity contribution in [3.63, 3.8) is 0 Å². The van der Waals surface area contributed by atoms with Gasteiger partial charge in [0.2, 0.25) is 0 Å². The molecule has 0 saturated carbocycles. The van der Waals surface area contributed by atoms with E-state index >= 15 is 0 Å². The van der Waals surface area contributed by atoms with Gasteiger partial charge in [-0.25, -0.2) is 0 Å². The molecule has 3 nitrogen and oxygen atoms in total. The van der Waals surface area contributed by atoms with Gasteiger partial charge in [0.15, 0.2) is 0 Å². The third kappa shape index (κ3) is 3.44. The lowest BCUT2D eigenvalue weighted by Gasteiger charge is -2.17. The molecule has 1 saturated heterocycles. The molecule has 1 aliphatic heterocycles. The predicted molar refractivity (Wildman–Crippen MR) is 73.8 cm³/mol. The van der Waals surface area contributed by atoms with Crippen molar-refractivity contribution in [1.82, 2.24) is 4.90 Å². The Hall–Kier alpha value is -0.580. The highest BCUT2D eigenvalue weighted by Crippen LogP contribution is 2.24. The Morgan fingerprint density at radius 3 is 3.06 bits per heavy atom. The largest absolute Gasteiger partial charge is 0.399 e. The summed E-state index contributed by atoms with van der Waals surface area (Å²) in [7, 11) is 1.78. The first kappa shape index (κ1) is 12.9. The molecule has 0 aromatic heterocycles. The quantitative estimate of drug-likeness (QED) is 0.868. The molecule has 1 fully saturated rings. The molecule has 0 bridgehead atoms. The van der Waals surface area contributed by atoms with Crippen molar-refractivity contribution in [2.75, 3.05) is 32.5 Å². The van der Waals surface area contributed by atoms with E-state index in [0.717, 1.165) is 36.4 Å². The van der Waals surface area contributed by atoms with Crippen molar-refractivity contribution in [3.8, 4) is 0 Å². The second-order valence-corrected chi connectivity index (χ2v) is 5.55. The Labute approximate surface area is 111 Å². The van der Waals surface area contributed by atoms with E-state index < -0.39 is 0 Å². The van der Waals surface area contributed by atoms with Crippen molar-refractivity contribution in [2.24, 2.45) is 5.92 Å². The zero-order valence-electron chi connectivity index (χ0n) is 10.2. The number of ether oxygens (including phenoxy) is 1. The van der Waals surface area contributed by atoms with Gasteiger partial charge in [0, 0.05) is 30.4 Å². The van der Waals surface area contributed by atoms with E-state index in [4.69, 9.17) is 10.5 Å². The lowest BCUT2D eigenvalue weighted by molar-refractivity contribution is 0.152. The van der Waals surface area contributed by atoms with Crippen LogP contribution in [0.15, 0.2) is 22.7 Å². The van der Waals surface area contributed by atoms with E-state index in [-0.39, 0.29) is 0 Å². The Morgan fingerprint density at radius 2 is 2.35 bits per heavy atom. The zero-order chi connectivity index (χ0) is 12.3. The summed E-state index contributed by atoms with van der Waals surface area (Å²) in [5.74, 6) is 0.688. The molecule has 1 aliphatic rings. The first-order chi connectivity index (χ1) is 8.19. The predicted octanol–water partition coefficient (Wildman–Crippen LogP) is 2.50. The van der Waals surface area contributed by atoms with Gasteiger partial charge in [0.05, 0.1) is 6.61 Å². The molecule has 4 heteroatoms. The average Bonchev–Trinajstić information content (AvgIpc) is 2.71. The smallest absolute Gasteiger partial charge is 0.0503 e. The molecule has 1 heterocycles. The number of methoxy groups -OCH3 is 1. The molecule has 0 spiro atoms. The van der Waals surface area contributed by atoms with Gasteiger partial charge < -0.3 is 10.5 Å². The van der Waals surface area contributed by atoms with Gasteiger partial charge in [0.1, 0.15) is 0 Å². The molecule has 1 unspecified atom stereocenters. The third-order valence-electron chi connectivity index (χ3n) is 3.24. The molecule has 0 aliphatic carbocycles. The highest BCUT2D eigenvalue weighted by atomic mass is 79.9. The Kier molecular flexibility index (Phi) is 4.42. The summed E-state index contributed by atoms with van der Waals surface area (Å²) in [6, 6.07) is 6.03. The lowest BCUT2D eigenvalue weighted by Crippen LogP contribution is -2.21. The lowest BCUT2D eigenvalue weighted by atomic mass is 10.1. The number of nitrogens with zero attached hydrogens (tertiary/aromatic N) is 1. The van der Waals surface area contributed by atoms with E-state index in [1.54, 1.807) is 7.11 Å². The maximum Gasteiger partial charge on any atom is 0.0503 e. The topological polar surface area (TPSA) is 38.5 Å². The van der Waals surface area contributed by atoms with Crippen LogP contribution in [0.25, 0.3) is 0 Å². The van der Waals surface area contributed by atoms with Crippen LogP contribution in [0.1, 0.15) is 12.0 Å². The fourth-order valence-corrected chi connectivity index (χ4v) is 2.88. The zero-order valence-corrected chi connectivity index (χ0v) is 11.7. The van der Waals surface area contributed by atoms with Crippen molar-refractivity contribution in [1.29, 1.82) is 0 Å². The summed E-state index contributed by atoms with van der Waals surface area (Å²) < 4.78 is 6.32. The molecule has 94 valence electrons. The summed E-state index contributed by atoms with van der Waals surface area (Å²) >= 11 is 3.57. The molecule has 1 aromatic carbocycles. The van der Waals surface area contributed by atoms with E-state index in [9.17, 15) is 0 Å². The van der Waals surface area contributed by atoms with E-state index in [0.29, 0.717) is 5.92 Å². The number of likely N-dealkylation sites (tertiary alicyclic amines) is 1. The SMILES string of the molecule is COCC1CCN(Cc2ccc(N)cc2Br)C1. The standard InChI is InChI=1S/C13H19BrN2O/c1-17-9-10-4-5-16(7-10)8-11-2-3-12(15)6-13(11)14/h2-3,6,10H,4-5,7-9,15H2,1H3. The van der Waals surface area contributed by atoms with Crippen LogP contribution in [0, 0.1) is 5.92 Å². The number of nitrogens with two attached hydrogens (primary N) is 1. The number of benzene rings is 1. The molecule has 1 aromatic rings. The third-order valence-corrected chi connectivity index (χ3v) is 3.98. The Balaban J connectivity index is 1.93. The van der Waals surface area contributed by atoms with Crippen LogP contribution in [-0.4, -0.2) is 31.7 Å². The number of rotatable bonds is 4. The minimum absolute atomic E-state index is 0.688.